The Morgan fingerprint density at radius 2 is 1.94 bits per heavy atom. The molecule has 90 valence electrons. The van der Waals surface area contributed by atoms with Crippen molar-refractivity contribution >= 4 is 11.8 Å². The van der Waals surface area contributed by atoms with Gasteiger partial charge in [-0.15, -0.1) is 0 Å². The van der Waals surface area contributed by atoms with Crippen molar-refractivity contribution in [3.05, 3.63) is 66.0 Å². The standard InChI is InChI=1S/C16H16N2/c1-2-16(15-9-5-6-12-17-15)11-10-13-7-3-4-8-14(13)18-16/h3-12,18H,2H2,1H3. The fourth-order valence-corrected chi connectivity index (χ4v) is 2.43. The van der Waals surface area contributed by atoms with E-state index in [1.165, 1.54) is 11.3 Å². The molecule has 1 unspecified atom stereocenters. The molecule has 1 aromatic heterocycles. The number of fused-ring (bicyclic) bond motifs is 1. The SMILES string of the molecule is CCC1(c2ccccn2)C=Cc2ccccc2N1. The third-order valence-corrected chi connectivity index (χ3v) is 3.55. The molecular formula is C16H16N2. The number of para-hydroxylation sites is 1. The first-order chi connectivity index (χ1) is 8.84. The first-order valence-corrected chi connectivity index (χ1v) is 6.32. The lowest BCUT2D eigenvalue weighted by molar-refractivity contribution is 0.570. The van der Waals surface area contributed by atoms with Crippen molar-refractivity contribution in [3.63, 3.8) is 0 Å². The zero-order chi connectivity index (χ0) is 12.4. The van der Waals surface area contributed by atoms with Crippen molar-refractivity contribution in [2.45, 2.75) is 18.9 Å². The predicted molar refractivity (Wildman–Crippen MR) is 75.3 cm³/mol. The first-order valence-electron chi connectivity index (χ1n) is 6.32. The molecule has 18 heavy (non-hydrogen) atoms. The van der Waals surface area contributed by atoms with E-state index in [2.05, 4.69) is 59.7 Å². The normalized spacial score (nSPS) is 21.2. The summed E-state index contributed by atoms with van der Waals surface area (Å²) in [6.07, 6.45) is 7.22. The molecule has 1 aliphatic heterocycles. The van der Waals surface area contributed by atoms with Gasteiger partial charge in [-0.2, -0.15) is 0 Å². The van der Waals surface area contributed by atoms with Crippen molar-refractivity contribution in [1.82, 2.24) is 4.98 Å². The van der Waals surface area contributed by atoms with E-state index in [-0.39, 0.29) is 5.54 Å². The summed E-state index contributed by atoms with van der Waals surface area (Å²) in [7, 11) is 0. The van der Waals surface area contributed by atoms with Crippen LogP contribution in [-0.4, -0.2) is 4.98 Å². The molecule has 0 fully saturated rings. The lowest BCUT2D eigenvalue weighted by Gasteiger charge is -2.35. The molecular weight excluding hydrogens is 220 g/mol. The largest absolute Gasteiger partial charge is 0.370 e. The maximum atomic E-state index is 4.50. The van der Waals surface area contributed by atoms with E-state index in [0.717, 1.165) is 12.1 Å². The molecule has 0 radical (unpaired) electrons. The van der Waals surface area contributed by atoms with Gasteiger partial charge in [-0.25, -0.2) is 0 Å². The molecule has 0 saturated carbocycles. The van der Waals surface area contributed by atoms with E-state index in [1.807, 2.05) is 18.3 Å². The van der Waals surface area contributed by atoms with Crippen LogP contribution in [0.5, 0.6) is 0 Å². The number of nitrogens with one attached hydrogen (secondary N) is 1. The second kappa shape index (κ2) is 4.30. The molecule has 2 aromatic rings. The molecule has 0 spiro atoms. The Labute approximate surface area is 107 Å². The number of anilines is 1. The second-order valence-electron chi connectivity index (χ2n) is 4.59. The summed E-state index contributed by atoms with van der Waals surface area (Å²) >= 11 is 0. The summed E-state index contributed by atoms with van der Waals surface area (Å²) in [5.74, 6) is 0. The Kier molecular flexibility index (Phi) is 2.63. The fraction of sp³-hybridized carbons (Fsp3) is 0.188. The molecule has 0 saturated heterocycles. The summed E-state index contributed by atoms with van der Waals surface area (Å²) < 4.78 is 0. The van der Waals surface area contributed by atoms with E-state index >= 15 is 0 Å². The van der Waals surface area contributed by atoms with Crippen LogP contribution in [0.1, 0.15) is 24.6 Å². The van der Waals surface area contributed by atoms with Crippen LogP contribution in [0, 0.1) is 0 Å². The lowest BCUT2D eigenvalue weighted by Crippen LogP contribution is -2.35. The Balaban J connectivity index is 2.07. The van der Waals surface area contributed by atoms with Crippen LogP contribution in [0.2, 0.25) is 0 Å². The number of pyridine rings is 1. The number of rotatable bonds is 2. The van der Waals surface area contributed by atoms with Crippen molar-refractivity contribution in [2.75, 3.05) is 5.32 Å². The van der Waals surface area contributed by atoms with Crippen LogP contribution in [0.25, 0.3) is 6.08 Å². The van der Waals surface area contributed by atoms with E-state index in [1.54, 1.807) is 0 Å². The fourth-order valence-electron chi connectivity index (χ4n) is 2.43. The minimum absolute atomic E-state index is 0.185. The lowest BCUT2D eigenvalue weighted by atomic mass is 9.86. The molecule has 3 rings (SSSR count). The van der Waals surface area contributed by atoms with Crippen molar-refractivity contribution in [2.24, 2.45) is 0 Å². The third-order valence-electron chi connectivity index (χ3n) is 3.55. The first kappa shape index (κ1) is 11.0. The summed E-state index contributed by atoms with van der Waals surface area (Å²) in [6.45, 7) is 2.18. The van der Waals surface area contributed by atoms with Gasteiger partial charge in [0.15, 0.2) is 0 Å². The second-order valence-corrected chi connectivity index (χ2v) is 4.59. The molecule has 0 bridgehead atoms. The molecule has 2 nitrogen and oxygen atoms in total. The summed E-state index contributed by atoms with van der Waals surface area (Å²) in [4.78, 5) is 4.50. The van der Waals surface area contributed by atoms with Gasteiger partial charge in [-0.3, -0.25) is 4.98 Å². The Morgan fingerprint density at radius 1 is 1.11 bits per heavy atom. The van der Waals surface area contributed by atoms with Gasteiger partial charge in [-0.05, 0) is 30.2 Å². The maximum Gasteiger partial charge on any atom is 0.0982 e. The van der Waals surface area contributed by atoms with Crippen molar-refractivity contribution in [1.29, 1.82) is 0 Å². The molecule has 1 atom stereocenters. The Hall–Kier alpha value is -2.09. The van der Waals surface area contributed by atoms with Crippen LogP contribution in [0.4, 0.5) is 5.69 Å². The molecule has 1 aromatic carbocycles. The predicted octanol–water partition coefficient (Wildman–Crippen LogP) is 3.83. The molecule has 2 heteroatoms. The van der Waals surface area contributed by atoms with Gasteiger partial charge in [0.05, 0.1) is 11.2 Å². The highest BCUT2D eigenvalue weighted by atomic mass is 15.0. The van der Waals surface area contributed by atoms with Gasteiger partial charge in [0, 0.05) is 11.9 Å². The molecule has 0 aliphatic carbocycles. The van der Waals surface area contributed by atoms with Gasteiger partial charge < -0.3 is 5.32 Å². The highest BCUT2D eigenvalue weighted by Crippen LogP contribution is 2.36. The van der Waals surface area contributed by atoms with Crippen LogP contribution in [0.15, 0.2) is 54.7 Å². The van der Waals surface area contributed by atoms with Crippen molar-refractivity contribution in [3.8, 4) is 0 Å². The maximum absolute atomic E-state index is 4.50. The average molecular weight is 236 g/mol. The summed E-state index contributed by atoms with van der Waals surface area (Å²) in [5.41, 5.74) is 3.29. The molecule has 0 amide bonds. The van der Waals surface area contributed by atoms with E-state index in [9.17, 15) is 0 Å². The van der Waals surface area contributed by atoms with Gasteiger partial charge in [-0.1, -0.05) is 43.3 Å². The number of hydrogen-bond donors (Lipinski definition) is 1. The minimum atomic E-state index is -0.185. The highest BCUT2D eigenvalue weighted by molar-refractivity contribution is 5.72. The Bertz CT molecular complexity index is 575. The number of hydrogen-bond acceptors (Lipinski definition) is 2. The smallest absolute Gasteiger partial charge is 0.0982 e. The minimum Gasteiger partial charge on any atom is -0.370 e. The van der Waals surface area contributed by atoms with Crippen LogP contribution in [0.3, 0.4) is 0 Å². The monoisotopic (exact) mass is 236 g/mol. The van der Waals surface area contributed by atoms with Crippen molar-refractivity contribution < 1.29 is 0 Å². The van der Waals surface area contributed by atoms with Gasteiger partial charge in [0.2, 0.25) is 0 Å². The Morgan fingerprint density at radius 3 is 2.72 bits per heavy atom. The van der Waals surface area contributed by atoms with E-state index in [0.29, 0.717) is 0 Å². The number of benzene rings is 1. The average Bonchev–Trinajstić information content (AvgIpc) is 2.47. The van der Waals surface area contributed by atoms with E-state index < -0.39 is 0 Å². The number of aromatic nitrogens is 1. The van der Waals surface area contributed by atoms with Gasteiger partial charge in [0.25, 0.3) is 0 Å². The van der Waals surface area contributed by atoms with Gasteiger partial charge >= 0.3 is 0 Å². The zero-order valence-corrected chi connectivity index (χ0v) is 10.4. The van der Waals surface area contributed by atoms with E-state index in [4.69, 9.17) is 0 Å². The highest BCUT2D eigenvalue weighted by Gasteiger charge is 2.31. The molecule has 2 heterocycles. The quantitative estimate of drug-likeness (QED) is 0.857. The summed E-state index contributed by atoms with van der Waals surface area (Å²) in [6, 6.07) is 14.4. The third kappa shape index (κ3) is 1.70. The molecule has 1 aliphatic rings. The van der Waals surface area contributed by atoms with Gasteiger partial charge in [0.1, 0.15) is 0 Å². The zero-order valence-electron chi connectivity index (χ0n) is 10.4. The summed E-state index contributed by atoms with van der Waals surface area (Å²) in [5, 5.41) is 3.63. The number of nitrogens with zero attached hydrogens (tertiary/aromatic N) is 1. The molecule has 1 N–H and O–H groups in total. The topological polar surface area (TPSA) is 24.9 Å². The van der Waals surface area contributed by atoms with Crippen LogP contribution < -0.4 is 5.32 Å². The van der Waals surface area contributed by atoms with Crippen LogP contribution in [-0.2, 0) is 5.54 Å². The van der Waals surface area contributed by atoms with Crippen LogP contribution >= 0.6 is 0 Å².